The molecule has 0 saturated carbocycles. The summed E-state index contributed by atoms with van der Waals surface area (Å²) in [6, 6.07) is 14.4. The van der Waals surface area contributed by atoms with Gasteiger partial charge in [-0.1, -0.05) is 35.9 Å². The fraction of sp³-hybridized carbons (Fsp3) is 0.208. The molecule has 0 heterocycles. The van der Waals surface area contributed by atoms with Crippen LogP contribution in [0.4, 0.5) is 32.4 Å². The molecule has 3 aromatic carbocycles. The molecule has 0 unspecified atom stereocenters. The third-order valence-corrected chi connectivity index (χ3v) is 5.36. The topological polar surface area (TPSA) is 41.1 Å². The van der Waals surface area contributed by atoms with Gasteiger partial charge in [0, 0.05) is 18.2 Å². The number of carbonyl (C=O) groups is 1. The minimum absolute atomic E-state index is 0.0419. The summed E-state index contributed by atoms with van der Waals surface area (Å²) >= 11 is 5.58. The fourth-order valence-corrected chi connectivity index (χ4v) is 3.64. The van der Waals surface area contributed by atoms with Gasteiger partial charge in [0.25, 0.3) is 0 Å². The normalized spacial score (nSPS) is 11.5. The molecular formula is C24H20ClF5N2O. The van der Waals surface area contributed by atoms with E-state index in [1.807, 2.05) is 0 Å². The van der Waals surface area contributed by atoms with Crippen LogP contribution in [0.15, 0.2) is 66.7 Å². The average Bonchev–Trinajstić information content (AvgIpc) is 2.76. The van der Waals surface area contributed by atoms with E-state index < -0.39 is 22.8 Å². The second kappa shape index (κ2) is 10.7. The molecule has 0 atom stereocenters. The number of urea groups is 1. The lowest BCUT2D eigenvalue weighted by atomic mass is 9.87. The van der Waals surface area contributed by atoms with Crippen molar-refractivity contribution in [3.8, 4) is 0 Å². The molecule has 0 bridgehead atoms. The molecule has 3 nitrogen and oxygen atoms in total. The van der Waals surface area contributed by atoms with Crippen LogP contribution in [0.1, 0.15) is 35.4 Å². The van der Waals surface area contributed by atoms with Crippen LogP contribution in [0, 0.1) is 11.6 Å². The number of anilines is 1. The number of nitrogens with one attached hydrogen (secondary N) is 2. The number of hydrogen-bond donors (Lipinski definition) is 2. The number of alkyl halides is 3. The van der Waals surface area contributed by atoms with E-state index in [1.54, 1.807) is 24.3 Å². The molecule has 0 saturated heterocycles. The lowest BCUT2D eigenvalue weighted by Gasteiger charge is -2.18. The Kier molecular flexibility index (Phi) is 7.92. The van der Waals surface area contributed by atoms with Gasteiger partial charge in [-0.15, -0.1) is 0 Å². The first-order valence-corrected chi connectivity index (χ1v) is 10.4. The van der Waals surface area contributed by atoms with E-state index in [1.165, 1.54) is 30.3 Å². The predicted molar refractivity (Wildman–Crippen MR) is 117 cm³/mol. The second-order valence-electron chi connectivity index (χ2n) is 7.37. The third kappa shape index (κ3) is 6.92. The van der Waals surface area contributed by atoms with Crippen molar-refractivity contribution in [2.75, 3.05) is 11.9 Å². The Morgan fingerprint density at radius 2 is 1.42 bits per heavy atom. The summed E-state index contributed by atoms with van der Waals surface area (Å²) in [6.45, 7) is 0.241. The van der Waals surface area contributed by atoms with Crippen LogP contribution >= 0.6 is 11.6 Å². The first-order valence-electron chi connectivity index (χ1n) is 10.1. The minimum atomic E-state index is -4.64. The van der Waals surface area contributed by atoms with Crippen LogP contribution in [-0.2, 0) is 6.18 Å². The number of carbonyl (C=O) groups excluding carboxylic acids is 1. The van der Waals surface area contributed by atoms with Gasteiger partial charge in [-0.3, -0.25) is 0 Å². The summed E-state index contributed by atoms with van der Waals surface area (Å²) < 4.78 is 65.5. The lowest BCUT2D eigenvalue weighted by molar-refractivity contribution is -0.137. The van der Waals surface area contributed by atoms with E-state index in [0.29, 0.717) is 12.8 Å². The highest BCUT2D eigenvalue weighted by Crippen LogP contribution is 2.36. The number of rotatable bonds is 7. The smallest absolute Gasteiger partial charge is 0.338 e. The van der Waals surface area contributed by atoms with Gasteiger partial charge in [0.1, 0.15) is 11.6 Å². The highest BCUT2D eigenvalue weighted by Gasteiger charge is 2.33. The van der Waals surface area contributed by atoms with E-state index in [-0.39, 0.29) is 29.8 Å². The third-order valence-electron chi connectivity index (χ3n) is 5.03. The van der Waals surface area contributed by atoms with E-state index in [4.69, 9.17) is 11.6 Å². The first-order chi connectivity index (χ1) is 15.6. The highest BCUT2D eigenvalue weighted by atomic mass is 35.5. The standard InChI is InChI=1S/C24H20ClF5N2O/c25-22-12-11-19(14-21(22)24(28,29)30)32-23(33)31-13-1-2-20(15-3-7-17(26)8-4-15)16-5-9-18(27)10-6-16/h3-12,14,20H,1-2,13H2,(H2,31,32,33). The molecule has 3 aromatic rings. The van der Waals surface area contributed by atoms with Crippen LogP contribution in [0.25, 0.3) is 0 Å². The van der Waals surface area contributed by atoms with Crippen molar-refractivity contribution in [1.82, 2.24) is 5.32 Å². The Hall–Kier alpha value is -3.13. The summed E-state index contributed by atoms with van der Waals surface area (Å²) in [5.74, 6) is -0.890. The van der Waals surface area contributed by atoms with Gasteiger partial charge in [-0.05, 0) is 66.4 Å². The van der Waals surface area contributed by atoms with E-state index in [0.717, 1.165) is 23.3 Å². The molecule has 0 aromatic heterocycles. The SMILES string of the molecule is O=C(NCCCC(c1ccc(F)cc1)c1ccc(F)cc1)Nc1ccc(Cl)c(C(F)(F)F)c1. The summed E-state index contributed by atoms with van der Waals surface area (Å²) in [5.41, 5.74) is 0.602. The van der Waals surface area contributed by atoms with Gasteiger partial charge in [0.15, 0.2) is 0 Å². The second-order valence-corrected chi connectivity index (χ2v) is 7.78. The Balaban J connectivity index is 1.59. The van der Waals surface area contributed by atoms with E-state index in [2.05, 4.69) is 10.6 Å². The molecule has 0 aliphatic carbocycles. The van der Waals surface area contributed by atoms with Crippen molar-refractivity contribution in [1.29, 1.82) is 0 Å². The molecular weight excluding hydrogens is 463 g/mol. The van der Waals surface area contributed by atoms with Crippen molar-refractivity contribution < 1.29 is 26.7 Å². The van der Waals surface area contributed by atoms with Crippen LogP contribution in [0.2, 0.25) is 5.02 Å². The van der Waals surface area contributed by atoms with Crippen molar-refractivity contribution in [3.05, 3.63) is 100 Å². The maximum atomic E-state index is 13.3. The van der Waals surface area contributed by atoms with Crippen molar-refractivity contribution in [2.24, 2.45) is 0 Å². The maximum absolute atomic E-state index is 13.3. The highest BCUT2D eigenvalue weighted by molar-refractivity contribution is 6.31. The van der Waals surface area contributed by atoms with Gasteiger partial charge in [-0.25, -0.2) is 13.6 Å². The zero-order chi connectivity index (χ0) is 24.0. The quantitative estimate of drug-likeness (QED) is 0.268. The zero-order valence-electron chi connectivity index (χ0n) is 17.2. The maximum Gasteiger partial charge on any atom is 0.417 e. The van der Waals surface area contributed by atoms with Gasteiger partial charge in [-0.2, -0.15) is 13.2 Å². The van der Waals surface area contributed by atoms with E-state index >= 15 is 0 Å². The Bertz CT molecular complexity index is 1040. The van der Waals surface area contributed by atoms with Crippen LogP contribution in [0.5, 0.6) is 0 Å². The minimum Gasteiger partial charge on any atom is -0.338 e. The predicted octanol–water partition coefficient (Wildman–Crippen LogP) is 7.37. The number of hydrogen-bond acceptors (Lipinski definition) is 1. The lowest BCUT2D eigenvalue weighted by Crippen LogP contribution is -2.29. The molecule has 0 aliphatic rings. The fourth-order valence-electron chi connectivity index (χ4n) is 3.42. The molecule has 174 valence electrons. The van der Waals surface area contributed by atoms with Crippen LogP contribution < -0.4 is 10.6 Å². The zero-order valence-corrected chi connectivity index (χ0v) is 18.0. The van der Waals surface area contributed by atoms with Gasteiger partial charge < -0.3 is 10.6 Å². The van der Waals surface area contributed by atoms with Gasteiger partial charge in [0.05, 0.1) is 10.6 Å². The number of amides is 2. The van der Waals surface area contributed by atoms with Crippen molar-refractivity contribution in [3.63, 3.8) is 0 Å². The summed E-state index contributed by atoms with van der Waals surface area (Å²) in [5, 5.41) is 4.49. The van der Waals surface area contributed by atoms with Crippen LogP contribution in [-0.4, -0.2) is 12.6 Å². The molecule has 2 amide bonds. The molecule has 9 heteroatoms. The summed E-state index contributed by atoms with van der Waals surface area (Å²) in [7, 11) is 0. The molecule has 3 rings (SSSR count). The Morgan fingerprint density at radius 3 is 1.94 bits per heavy atom. The summed E-state index contributed by atoms with van der Waals surface area (Å²) in [6.07, 6.45) is -3.56. The summed E-state index contributed by atoms with van der Waals surface area (Å²) in [4.78, 5) is 12.1. The van der Waals surface area contributed by atoms with Crippen molar-refractivity contribution >= 4 is 23.3 Å². The molecule has 33 heavy (non-hydrogen) atoms. The monoisotopic (exact) mass is 482 g/mol. The van der Waals surface area contributed by atoms with Crippen molar-refractivity contribution in [2.45, 2.75) is 24.9 Å². The van der Waals surface area contributed by atoms with E-state index in [9.17, 15) is 26.7 Å². The molecule has 0 spiro atoms. The molecule has 2 N–H and O–H groups in total. The Morgan fingerprint density at radius 1 is 0.879 bits per heavy atom. The molecule has 0 aliphatic heterocycles. The van der Waals surface area contributed by atoms with Crippen LogP contribution in [0.3, 0.4) is 0 Å². The molecule has 0 fully saturated rings. The Labute approximate surface area is 192 Å². The van der Waals surface area contributed by atoms with Gasteiger partial charge in [0.2, 0.25) is 0 Å². The average molecular weight is 483 g/mol. The number of benzene rings is 3. The van der Waals surface area contributed by atoms with Gasteiger partial charge >= 0.3 is 12.2 Å². The molecule has 0 radical (unpaired) electrons. The number of halogens is 6. The largest absolute Gasteiger partial charge is 0.417 e. The first kappa shape index (κ1) is 24.5.